The Kier molecular flexibility index (Phi) is 12.7. The maximum Gasteiger partial charge on any atom is 0.490 e. The van der Waals surface area contributed by atoms with Gasteiger partial charge in [0.05, 0.1) is 8.88 Å². The highest BCUT2D eigenvalue weighted by Gasteiger charge is 2.49. The van der Waals surface area contributed by atoms with Crippen LogP contribution in [0, 0.1) is 0 Å². The zero-order chi connectivity index (χ0) is 24.1. The average Bonchev–Trinajstić information content (AvgIpc) is 2.34. The van der Waals surface area contributed by atoms with Crippen LogP contribution in [0.25, 0.3) is 0 Å². The summed E-state index contributed by atoms with van der Waals surface area (Å²) in [6.45, 7) is 0. The predicted octanol–water partition coefficient (Wildman–Crippen LogP) is 1.61. The molecule has 7 atom stereocenters. The summed E-state index contributed by atoms with van der Waals surface area (Å²) >= 11 is 0. The highest BCUT2D eigenvalue weighted by atomic mass is 31.3. The number of nitrogens with zero attached hydrogens (tertiary/aromatic N) is 1. The normalized spacial score (nSPS) is 23.5. The van der Waals surface area contributed by atoms with E-state index in [0.29, 0.717) is 0 Å². The van der Waals surface area contributed by atoms with Crippen LogP contribution in [-0.2, 0) is 53.3 Å². The number of phosphoric acid groups is 6. The zero-order valence-corrected chi connectivity index (χ0v) is 21.6. The third kappa shape index (κ3) is 16.4. The Morgan fingerprint density at radius 2 is 1.00 bits per heavy atom. The predicted molar refractivity (Wildman–Crippen MR) is 98.2 cm³/mol. The second-order valence-electron chi connectivity index (χ2n) is 3.76. The van der Waals surface area contributed by atoms with Gasteiger partial charge in [-0.2, -0.15) is 21.6 Å². The molecule has 0 aliphatic heterocycles. The van der Waals surface area contributed by atoms with E-state index < -0.39 is 55.5 Å². The second kappa shape index (κ2) is 12.0. The first-order chi connectivity index (χ1) is 13.1. The van der Waals surface area contributed by atoms with Crippen LogP contribution < -0.4 is 4.86 Å². The van der Waals surface area contributed by atoms with E-state index in [2.05, 4.69) is 35.2 Å². The highest BCUT2D eigenvalue weighted by Crippen LogP contribution is 2.75. The second-order valence-corrected chi connectivity index (χ2v) is 15.7. The Morgan fingerprint density at radius 3 is 1.33 bits per heavy atom. The van der Waals surface area contributed by atoms with Crippen molar-refractivity contribution < 1.29 is 87.5 Å². The van der Waals surface area contributed by atoms with Crippen LogP contribution in [-0.4, -0.2) is 34.3 Å². The molecule has 7 unspecified atom stereocenters. The molecule has 0 aromatic rings. The van der Waals surface area contributed by atoms with Crippen molar-refractivity contribution in [1.82, 2.24) is 4.86 Å². The molecular formula is H11N2O19P9. The lowest BCUT2D eigenvalue weighted by molar-refractivity contribution is 0.186. The van der Waals surface area contributed by atoms with E-state index in [1.54, 1.807) is 0 Å². The van der Waals surface area contributed by atoms with Crippen molar-refractivity contribution in [2.75, 3.05) is 0 Å². The maximum atomic E-state index is 11.5. The van der Waals surface area contributed by atoms with Gasteiger partial charge in [0.15, 0.2) is 8.60 Å². The molecule has 8 N–H and O–H groups in total. The molecule has 30 heavy (non-hydrogen) atoms. The zero-order valence-electron chi connectivity index (χ0n) is 13.2. The average molecular weight is 622 g/mol. The van der Waals surface area contributed by atoms with Crippen molar-refractivity contribution in [2.24, 2.45) is 4.52 Å². The monoisotopic (exact) mass is 622 g/mol. The topological polar surface area (TPSA) is 324 Å². The third-order valence-corrected chi connectivity index (χ3v) is 12.0. The quantitative estimate of drug-likeness (QED) is 0.128. The Bertz CT molecular complexity index is 894. The van der Waals surface area contributed by atoms with Crippen molar-refractivity contribution >= 4 is 73.8 Å². The van der Waals surface area contributed by atoms with Crippen LogP contribution in [0.2, 0.25) is 0 Å². The van der Waals surface area contributed by atoms with E-state index in [1.807, 2.05) is 9.39 Å². The summed E-state index contributed by atoms with van der Waals surface area (Å²) in [6, 6.07) is 0. The number of hydrogen-bond acceptors (Lipinski definition) is 14. The maximum absolute atomic E-state index is 11.5. The minimum Gasteiger partial charge on any atom is -0.302 e. The first kappa shape index (κ1) is 31.8. The van der Waals surface area contributed by atoms with Crippen molar-refractivity contribution in [2.45, 2.75) is 0 Å². The van der Waals surface area contributed by atoms with Crippen LogP contribution in [0.5, 0.6) is 0 Å². The molecule has 0 aromatic heterocycles. The lowest BCUT2D eigenvalue weighted by Gasteiger charge is -2.19. The first-order valence-corrected chi connectivity index (χ1v) is 16.9. The molecule has 0 spiro atoms. The molecule has 0 rings (SSSR count). The lowest BCUT2D eigenvalue weighted by atomic mass is 13.8. The SMILES string of the molecule is O=P(O)(O)OP(=O)(O)OP(=O)(O)OP(=O)(O)OP(=O)(O)OP(=O)(O)OP=NPNP. The first-order valence-electron chi connectivity index (χ1n) is 5.65. The van der Waals surface area contributed by atoms with Gasteiger partial charge in [0, 0.05) is 0 Å². The van der Waals surface area contributed by atoms with Crippen LogP contribution in [0.1, 0.15) is 0 Å². The lowest BCUT2D eigenvalue weighted by Crippen LogP contribution is -1.98. The molecule has 0 amide bonds. The Labute approximate surface area is 171 Å². The fraction of sp³-hybridized carbons (Fsp3) is 0. The number of nitrogens with one attached hydrogen (secondary N) is 1. The molecule has 0 saturated heterocycles. The van der Waals surface area contributed by atoms with Gasteiger partial charge in [0.25, 0.3) is 0 Å². The fourth-order valence-electron chi connectivity index (χ4n) is 0.844. The van der Waals surface area contributed by atoms with E-state index in [0.717, 1.165) is 0 Å². The summed E-state index contributed by atoms with van der Waals surface area (Å²) in [5.74, 6) is 0. The summed E-state index contributed by atoms with van der Waals surface area (Å²) < 4.78 is 91.2. The van der Waals surface area contributed by atoms with E-state index in [4.69, 9.17) is 34.3 Å². The van der Waals surface area contributed by atoms with Crippen LogP contribution in [0.4, 0.5) is 0 Å². The van der Waals surface area contributed by atoms with E-state index in [9.17, 15) is 27.4 Å². The van der Waals surface area contributed by atoms with Crippen molar-refractivity contribution in [3.8, 4) is 0 Å². The molecule has 0 aliphatic rings. The van der Waals surface area contributed by atoms with Crippen molar-refractivity contribution in [3.05, 3.63) is 0 Å². The summed E-state index contributed by atoms with van der Waals surface area (Å²) in [6.07, 6.45) is 0. The van der Waals surface area contributed by atoms with Crippen LogP contribution >= 0.6 is 73.8 Å². The minimum atomic E-state index is -6.28. The van der Waals surface area contributed by atoms with Gasteiger partial charge in [-0.1, -0.05) is 9.39 Å². The summed E-state index contributed by atoms with van der Waals surface area (Å²) in [7, 11) is -34.9. The molecule has 0 aliphatic carbocycles. The Balaban J connectivity index is 5.19. The molecule has 0 radical (unpaired) electrons. The van der Waals surface area contributed by atoms with Gasteiger partial charge in [-0.05, 0) is 0 Å². The molecule has 0 heterocycles. The van der Waals surface area contributed by atoms with Gasteiger partial charge in [0.2, 0.25) is 0 Å². The highest BCUT2D eigenvalue weighted by molar-refractivity contribution is 7.72. The fourth-order valence-corrected chi connectivity index (χ4v) is 9.79. The summed E-state index contributed by atoms with van der Waals surface area (Å²) in [4.78, 5) is 64.4. The van der Waals surface area contributed by atoms with Gasteiger partial charge < -0.3 is 34.3 Å². The van der Waals surface area contributed by atoms with Crippen LogP contribution in [0.3, 0.4) is 0 Å². The molecule has 0 aromatic carbocycles. The van der Waals surface area contributed by atoms with E-state index >= 15 is 0 Å². The smallest absolute Gasteiger partial charge is 0.302 e. The number of rotatable bonds is 14. The largest absolute Gasteiger partial charge is 0.490 e. The van der Waals surface area contributed by atoms with E-state index in [1.165, 1.54) is 0 Å². The molecule has 0 saturated carbocycles. The Hall–Kier alpha value is 1.78. The molecule has 0 fully saturated rings. The standard InChI is InChI=1S/H11N2O19P9/c3-25(4,5)17-27(8,9)19-29(12,13)21-30(14,15)20-28(10,11)18-26(6,7)16-24-2-23-1-22/h1,23H,22H2,(H,6,7)(H,8,9)(H,10,11)(H,12,13)(H,14,15)(H2,3,4,5). The van der Waals surface area contributed by atoms with E-state index in [-0.39, 0.29) is 8.88 Å². The van der Waals surface area contributed by atoms with Crippen LogP contribution in [0.15, 0.2) is 4.52 Å². The van der Waals surface area contributed by atoms with Gasteiger partial charge in [-0.15, -0.1) is 0 Å². The molecular weight excluding hydrogens is 611 g/mol. The third-order valence-electron chi connectivity index (χ3n) is 1.33. The number of hydrogen-bond donors (Lipinski definition) is 8. The minimum absolute atomic E-state index is 0.365. The Morgan fingerprint density at radius 1 is 0.667 bits per heavy atom. The van der Waals surface area contributed by atoms with Crippen molar-refractivity contribution in [1.29, 1.82) is 0 Å². The van der Waals surface area contributed by atoms with Gasteiger partial charge in [-0.3, -0.25) is 4.86 Å². The molecule has 30 heteroatoms. The summed E-state index contributed by atoms with van der Waals surface area (Å²) in [5, 5.41) is 0. The molecule has 21 nitrogen and oxygen atoms in total. The molecule has 180 valence electrons. The van der Waals surface area contributed by atoms with Gasteiger partial charge >= 0.3 is 46.9 Å². The summed E-state index contributed by atoms with van der Waals surface area (Å²) in [5.41, 5.74) is 0. The van der Waals surface area contributed by atoms with Gasteiger partial charge in [-0.25, -0.2) is 36.2 Å². The molecule has 0 bridgehead atoms. The van der Waals surface area contributed by atoms with Crippen molar-refractivity contribution in [3.63, 3.8) is 0 Å². The van der Waals surface area contributed by atoms with Gasteiger partial charge in [0.1, 0.15) is 0 Å².